The molecule has 1 rings (SSSR count). The summed E-state index contributed by atoms with van der Waals surface area (Å²) in [5, 5.41) is 11.7. The molecule has 0 unspecified atom stereocenters. The maximum absolute atomic E-state index is 11.9. The standard InChI is InChI=1S/C14H18BrNO3/c1-3-9(2)13(14(18)19)16-12(17)8-10-6-4-5-7-11(10)15/h4-7,9,13H,3,8H2,1-2H3,(H,16,17)(H,18,19)/t9-,13-/m0/s1. The molecule has 4 nitrogen and oxygen atoms in total. The minimum Gasteiger partial charge on any atom is -0.480 e. The predicted molar refractivity (Wildman–Crippen MR) is 76.9 cm³/mol. The number of carbonyl (C=O) groups is 2. The van der Waals surface area contributed by atoms with Crippen LogP contribution in [0.2, 0.25) is 0 Å². The monoisotopic (exact) mass is 327 g/mol. The van der Waals surface area contributed by atoms with E-state index >= 15 is 0 Å². The molecule has 104 valence electrons. The second-order valence-corrected chi connectivity index (χ2v) is 5.39. The molecule has 0 aliphatic carbocycles. The van der Waals surface area contributed by atoms with Gasteiger partial charge in [-0.05, 0) is 17.5 Å². The normalized spacial score (nSPS) is 13.6. The van der Waals surface area contributed by atoms with Crippen LogP contribution in [0.1, 0.15) is 25.8 Å². The summed E-state index contributed by atoms with van der Waals surface area (Å²) < 4.78 is 0.848. The van der Waals surface area contributed by atoms with Gasteiger partial charge in [0.2, 0.25) is 5.91 Å². The van der Waals surface area contributed by atoms with Crippen molar-refractivity contribution in [2.45, 2.75) is 32.7 Å². The summed E-state index contributed by atoms with van der Waals surface area (Å²) >= 11 is 3.37. The summed E-state index contributed by atoms with van der Waals surface area (Å²) in [5.41, 5.74) is 0.841. The second-order valence-electron chi connectivity index (χ2n) is 4.54. The highest BCUT2D eigenvalue weighted by Gasteiger charge is 2.25. The highest BCUT2D eigenvalue weighted by Crippen LogP contribution is 2.16. The molecule has 0 bridgehead atoms. The number of amides is 1. The smallest absolute Gasteiger partial charge is 0.326 e. The summed E-state index contributed by atoms with van der Waals surface area (Å²) in [7, 11) is 0. The average Bonchev–Trinajstić information content (AvgIpc) is 2.37. The van der Waals surface area contributed by atoms with Crippen LogP contribution in [0.4, 0.5) is 0 Å². The van der Waals surface area contributed by atoms with Gasteiger partial charge in [-0.15, -0.1) is 0 Å². The number of carbonyl (C=O) groups excluding carboxylic acids is 1. The van der Waals surface area contributed by atoms with Crippen molar-refractivity contribution >= 4 is 27.8 Å². The third kappa shape index (κ3) is 4.67. The summed E-state index contributed by atoms with van der Waals surface area (Å²) in [6.07, 6.45) is 0.869. The quantitative estimate of drug-likeness (QED) is 0.844. The Morgan fingerprint density at radius 2 is 2.00 bits per heavy atom. The minimum absolute atomic E-state index is 0.0966. The van der Waals surface area contributed by atoms with Crippen molar-refractivity contribution < 1.29 is 14.7 Å². The summed E-state index contributed by atoms with van der Waals surface area (Å²) in [5.74, 6) is -1.37. The van der Waals surface area contributed by atoms with E-state index < -0.39 is 12.0 Å². The molecule has 0 saturated heterocycles. The van der Waals surface area contributed by atoms with Crippen LogP contribution < -0.4 is 5.32 Å². The van der Waals surface area contributed by atoms with Gasteiger partial charge in [-0.1, -0.05) is 54.4 Å². The first-order valence-corrected chi connectivity index (χ1v) is 7.00. The van der Waals surface area contributed by atoms with E-state index in [1.807, 2.05) is 38.1 Å². The van der Waals surface area contributed by atoms with E-state index in [0.29, 0.717) is 6.42 Å². The van der Waals surface area contributed by atoms with Gasteiger partial charge in [0.15, 0.2) is 0 Å². The first kappa shape index (κ1) is 15.7. The molecular formula is C14H18BrNO3. The van der Waals surface area contributed by atoms with Crippen molar-refractivity contribution in [3.63, 3.8) is 0 Å². The maximum Gasteiger partial charge on any atom is 0.326 e. The Labute approximate surface area is 121 Å². The molecule has 0 aliphatic rings. The fraction of sp³-hybridized carbons (Fsp3) is 0.429. The maximum atomic E-state index is 11.9. The Morgan fingerprint density at radius 1 is 1.37 bits per heavy atom. The molecule has 19 heavy (non-hydrogen) atoms. The lowest BCUT2D eigenvalue weighted by molar-refractivity contribution is -0.143. The fourth-order valence-electron chi connectivity index (χ4n) is 1.72. The third-order valence-electron chi connectivity index (χ3n) is 3.10. The molecule has 1 amide bonds. The van der Waals surface area contributed by atoms with Gasteiger partial charge in [-0.2, -0.15) is 0 Å². The molecule has 5 heteroatoms. The van der Waals surface area contributed by atoms with Crippen molar-refractivity contribution in [3.05, 3.63) is 34.3 Å². The number of halogens is 1. The van der Waals surface area contributed by atoms with Crippen molar-refractivity contribution in [2.75, 3.05) is 0 Å². The van der Waals surface area contributed by atoms with Crippen molar-refractivity contribution in [3.8, 4) is 0 Å². The van der Waals surface area contributed by atoms with Gasteiger partial charge in [0.1, 0.15) is 6.04 Å². The number of carboxylic acids is 1. The Balaban J connectivity index is 2.68. The zero-order valence-electron chi connectivity index (χ0n) is 11.0. The van der Waals surface area contributed by atoms with E-state index in [1.54, 1.807) is 0 Å². The molecule has 0 aliphatic heterocycles. The lowest BCUT2D eigenvalue weighted by Crippen LogP contribution is -2.45. The number of aliphatic carboxylic acids is 1. The van der Waals surface area contributed by atoms with Crippen LogP contribution in [0.5, 0.6) is 0 Å². The van der Waals surface area contributed by atoms with Gasteiger partial charge in [0, 0.05) is 4.47 Å². The first-order chi connectivity index (χ1) is 8.95. The molecule has 1 aromatic rings. The summed E-state index contributed by atoms with van der Waals surface area (Å²) in [4.78, 5) is 23.0. The van der Waals surface area contributed by atoms with E-state index in [-0.39, 0.29) is 18.2 Å². The lowest BCUT2D eigenvalue weighted by atomic mass is 9.99. The first-order valence-electron chi connectivity index (χ1n) is 6.21. The number of hydrogen-bond acceptors (Lipinski definition) is 2. The van der Waals surface area contributed by atoms with Crippen molar-refractivity contribution in [2.24, 2.45) is 5.92 Å². The topological polar surface area (TPSA) is 66.4 Å². The van der Waals surface area contributed by atoms with Gasteiger partial charge in [-0.3, -0.25) is 4.79 Å². The third-order valence-corrected chi connectivity index (χ3v) is 3.88. The Kier molecular flexibility index (Phi) is 6.02. The summed E-state index contributed by atoms with van der Waals surface area (Å²) in [6.45, 7) is 3.72. The van der Waals surface area contributed by atoms with Gasteiger partial charge in [0.05, 0.1) is 6.42 Å². The summed E-state index contributed by atoms with van der Waals surface area (Å²) in [6, 6.07) is 6.57. The number of hydrogen-bond donors (Lipinski definition) is 2. The highest BCUT2D eigenvalue weighted by molar-refractivity contribution is 9.10. The van der Waals surface area contributed by atoms with Crippen LogP contribution in [0.15, 0.2) is 28.7 Å². The van der Waals surface area contributed by atoms with Gasteiger partial charge >= 0.3 is 5.97 Å². The largest absolute Gasteiger partial charge is 0.480 e. The number of rotatable bonds is 6. The van der Waals surface area contributed by atoms with Crippen LogP contribution >= 0.6 is 15.9 Å². The SMILES string of the molecule is CC[C@H](C)[C@H](NC(=O)Cc1ccccc1Br)C(=O)O. The molecule has 0 saturated carbocycles. The molecule has 0 fully saturated rings. The zero-order valence-corrected chi connectivity index (χ0v) is 12.6. The van der Waals surface area contributed by atoms with Gasteiger partial charge in [0.25, 0.3) is 0 Å². The van der Waals surface area contributed by atoms with Crippen LogP contribution in [-0.2, 0) is 16.0 Å². The van der Waals surface area contributed by atoms with Gasteiger partial charge < -0.3 is 10.4 Å². The molecule has 2 N–H and O–H groups in total. The van der Waals surface area contributed by atoms with Crippen LogP contribution in [0.25, 0.3) is 0 Å². The number of nitrogens with one attached hydrogen (secondary N) is 1. The molecule has 0 aromatic heterocycles. The van der Waals surface area contributed by atoms with Crippen LogP contribution in [0, 0.1) is 5.92 Å². The molecule has 2 atom stereocenters. The minimum atomic E-state index is -0.991. The van der Waals surface area contributed by atoms with E-state index in [0.717, 1.165) is 10.0 Å². The predicted octanol–water partition coefficient (Wildman–Crippen LogP) is 2.61. The number of benzene rings is 1. The molecule has 0 spiro atoms. The Hall–Kier alpha value is -1.36. The Morgan fingerprint density at radius 3 is 2.53 bits per heavy atom. The average molecular weight is 328 g/mol. The van der Waals surface area contributed by atoms with Crippen molar-refractivity contribution in [1.82, 2.24) is 5.32 Å². The molecule has 1 aromatic carbocycles. The van der Waals surface area contributed by atoms with Crippen LogP contribution in [0.3, 0.4) is 0 Å². The van der Waals surface area contributed by atoms with Gasteiger partial charge in [-0.25, -0.2) is 4.79 Å². The van der Waals surface area contributed by atoms with Crippen molar-refractivity contribution in [1.29, 1.82) is 0 Å². The number of carboxylic acid groups (broad SMARTS) is 1. The molecular weight excluding hydrogens is 310 g/mol. The zero-order chi connectivity index (χ0) is 14.4. The molecule has 0 radical (unpaired) electrons. The second kappa shape index (κ2) is 7.28. The highest BCUT2D eigenvalue weighted by atomic mass is 79.9. The van der Waals surface area contributed by atoms with Crippen LogP contribution in [-0.4, -0.2) is 23.0 Å². The van der Waals surface area contributed by atoms with E-state index in [2.05, 4.69) is 21.2 Å². The van der Waals surface area contributed by atoms with E-state index in [9.17, 15) is 9.59 Å². The van der Waals surface area contributed by atoms with E-state index in [1.165, 1.54) is 0 Å². The Bertz CT molecular complexity index is 462. The fourth-order valence-corrected chi connectivity index (χ4v) is 2.15. The molecule has 0 heterocycles. The van der Waals surface area contributed by atoms with E-state index in [4.69, 9.17) is 5.11 Å². The lowest BCUT2D eigenvalue weighted by Gasteiger charge is -2.20.